The molecular formula is C14H22N2O3. The summed E-state index contributed by atoms with van der Waals surface area (Å²) < 4.78 is 10.5. The Hall–Kier alpha value is -1.75. The molecule has 0 atom stereocenters. The fourth-order valence-corrected chi connectivity index (χ4v) is 1.84. The lowest BCUT2D eigenvalue weighted by Gasteiger charge is -2.27. The van der Waals surface area contributed by atoms with Gasteiger partial charge in [0.05, 0.1) is 19.8 Å². The van der Waals surface area contributed by atoms with Crippen molar-refractivity contribution in [3.8, 4) is 11.5 Å². The van der Waals surface area contributed by atoms with Crippen molar-refractivity contribution in [2.45, 2.75) is 25.8 Å². The van der Waals surface area contributed by atoms with Gasteiger partial charge in [-0.1, -0.05) is 6.07 Å². The van der Waals surface area contributed by atoms with E-state index in [1.54, 1.807) is 14.2 Å². The van der Waals surface area contributed by atoms with Crippen LogP contribution in [0, 0.1) is 0 Å². The van der Waals surface area contributed by atoms with Gasteiger partial charge in [0.1, 0.15) is 0 Å². The highest BCUT2D eigenvalue weighted by Gasteiger charge is 2.23. The van der Waals surface area contributed by atoms with Crippen LogP contribution >= 0.6 is 0 Å². The maximum absolute atomic E-state index is 11.7. The first-order valence-electron chi connectivity index (χ1n) is 6.18. The van der Waals surface area contributed by atoms with Gasteiger partial charge in [-0.3, -0.25) is 4.79 Å². The van der Waals surface area contributed by atoms with E-state index in [0.717, 1.165) is 5.56 Å². The van der Waals surface area contributed by atoms with E-state index in [1.165, 1.54) is 0 Å². The SMILES string of the molecule is COc1ccc(C(C)(C)NC(=O)CCN)cc1OC. The van der Waals surface area contributed by atoms with Crippen molar-refractivity contribution in [3.63, 3.8) is 0 Å². The Morgan fingerprint density at radius 3 is 2.42 bits per heavy atom. The molecular weight excluding hydrogens is 244 g/mol. The Morgan fingerprint density at radius 2 is 1.89 bits per heavy atom. The third kappa shape index (κ3) is 3.86. The average molecular weight is 266 g/mol. The minimum atomic E-state index is -0.494. The molecule has 0 aliphatic rings. The van der Waals surface area contributed by atoms with Gasteiger partial charge in [-0.05, 0) is 31.5 Å². The van der Waals surface area contributed by atoms with Crippen LogP contribution in [0.15, 0.2) is 18.2 Å². The van der Waals surface area contributed by atoms with Crippen LogP contribution in [0.2, 0.25) is 0 Å². The molecule has 0 spiro atoms. The summed E-state index contributed by atoms with van der Waals surface area (Å²) in [4.78, 5) is 11.7. The monoisotopic (exact) mass is 266 g/mol. The number of carbonyl (C=O) groups excluding carboxylic acids is 1. The van der Waals surface area contributed by atoms with Crippen LogP contribution in [0.4, 0.5) is 0 Å². The first-order chi connectivity index (χ1) is 8.94. The van der Waals surface area contributed by atoms with Crippen molar-refractivity contribution >= 4 is 5.91 Å². The highest BCUT2D eigenvalue weighted by Crippen LogP contribution is 2.32. The molecule has 5 nitrogen and oxygen atoms in total. The van der Waals surface area contributed by atoms with Crippen LogP contribution in [0.25, 0.3) is 0 Å². The molecule has 0 aliphatic heterocycles. The Kier molecular flexibility index (Phi) is 5.18. The summed E-state index contributed by atoms with van der Waals surface area (Å²) in [6.45, 7) is 4.21. The molecule has 1 amide bonds. The van der Waals surface area contributed by atoms with Crippen molar-refractivity contribution in [1.29, 1.82) is 0 Å². The van der Waals surface area contributed by atoms with Gasteiger partial charge in [0, 0.05) is 13.0 Å². The number of ether oxygens (including phenoxy) is 2. The first kappa shape index (κ1) is 15.3. The molecule has 0 unspecified atom stereocenters. The lowest BCUT2D eigenvalue weighted by atomic mass is 9.93. The molecule has 19 heavy (non-hydrogen) atoms. The molecule has 1 aromatic carbocycles. The summed E-state index contributed by atoms with van der Waals surface area (Å²) in [6, 6.07) is 5.59. The number of rotatable bonds is 6. The van der Waals surface area contributed by atoms with Crippen LogP contribution in [0.1, 0.15) is 25.8 Å². The van der Waals surface area contributed by atoms with E-state index in [1.807, 2.05) is 32.0 Å². The lowest BCUT2D eigenvalue weighted by molar-refractivity contribution is -0.122. The summed E-state index contributed by atoms with van der Waals surface area (Å²) in [7, 11) is 3.17. The van der Waals surface area contributed by atoms with E-state index in [0.29, 0.717) is 24.5 Å². The summed E-state index contributed by atoms with van der Waals surface area (Å²) in [5.41, 5.74) is 5.82. The quantitative estimate of drug-likeness (QED) is 0.816. The average Bonchev–Trinajstić information content (AvgIpc) is 2.37. The number of methoxy groups -OCH3 is 2. The topological polar surface area (TPSA) is 73.6 Å². The van der Waals surface area contributed by atoms with Gasteiger partial charge in [0.15, 0.2) is 11.5 Å². The standard InChI is InChI=1S/C14H22N2O3/c1-14(2,16-13(17)7-8-15)10-5-6-11(18-3)12(9-10)19-4/h5-6,9H,7-8,15H2,1-4H3,(H,16,17). The summed E-state index contributed by atoms with van der Waals surface area (Å²) in [5, 5.41) is 2.95. The zero-order chi connectivity index (χ0) is 14.5. The predicted octanol–water partition coefficient (Wildman–Crippen LogP) is 1.40. The fraction of sp³-hybridized carbons (Fsp3) is 0.500. The van der Waals surface area contributed by atoms with Crippen molar-refractivity contribution in [2.75, 3.05) is 20.8 Å². The van der Waals surface area contributed by atoms with Gasteiger partial charge >= 0.3 is 0 Å². The van der Waals surface area contributed by atoms with E-state index in [-0.39, 0.29) is 5.91 Å². The van der Waals surface area contributed by atoms with Gasteiger partial charge in [-0.25, -0.2) is 0 Å². The second-order valence-electron chi connectivity index (χ2n) is 4.78. The van der Waals surface area contributed by atoms with Gasteiger partial charge < -0.3 is 20.5 Å². The number of nitrogens with one attached hydrogen (secondary N) is 1. The van der Waals surface area contributed by atoms with Crippen LogP contribution < -0.4 is 20.5 Å². The lowest BCUT2D eigenvalue weighted by Crippen LogP contribution is -2.41. The Morgan fingerprint density at radius 1 is 1.26 bits per heavy atom. The minimum Gasteiger partial charge on any atom is -0.493 e. The highest BCUT2D eigenvalue weighted by molar-refractivity contribution is 5.77. The van der Waals surface area contributed by atoms with Crippen LogP contribution in [-0.4, -0.2) is 26.7 Å². The van der Waals surface area contributed by atoms with Gasteiger partial charge in [-0.15, -0.1) is 0 Å². The second-order valence-corrected chi connectivity index (χ2v) is 4.78. The van der Waals surface area contributed by atoms with E-state index >= 15 is 0 Å². The molecule has 0 fully saturated rings. The molecule has 0 radical (unpaired) electrons. The van der Waals surface area contributed by atoms with Crippen molar-refractivity contribution in [2.24, 2.45) is 5.73 Å². The number of carbonyl (C=O) groups is 1. The van der Waals surface area contributed by atoms with Gasteiger partial charge in [-0.2, -0.15) is 0 Å². The molecule has 3 N–H and O–H groups in total. The molecule has 0 aliphatic carbocycles. The largest absolute Gasteiger partial charge is 0.493 e. The normalized spacial score (nSPS) is 11.0. The van der Waals surface area contributed by atoms with E-state index in [9.17, 15) is 4.79 Å². The molecule has 1 rings (SSSR count). The minimum absolute atomic E-state index is 0.0673. The number of hydrogen-bond donors (Lipinski definition) is 2. The zero-order valence-electron chi connectivity index (χ0n) is 11.9. The Bertz CT molecular complexity index is 444. The van der Waals surface area contributed by atoms with Crippen LogP contribution in [0.3, 0.4) is 0 Å². The third-order valence-electron chi connectivity index (χ3n) is 2.93. The molecule has 106 valence electrons. The summed E-state index contributed by atoms with van der Waals surface area (Å²) in [6.07, 6.45) is 0.316. The smallest absolute Gasteiger partial charge is 0.221 e. The number of hydrogen-bond acceptors (Lipinski definition) is 4. The molecule has 0 heterocycles. The van der Waals surface area contributed by atoms with E-state index in [2.05, 4.69) is 5.32 Å². The first-order valence-corrected chi connectivity index (χ1v) is 6.18. The molecule has 0 saturated heterocycles. The number of amides is 1. The maximum atomic E-state index is 11.7. The van der Waals surface area contributed by atoms with E-state index in [4.69, 9.17) is 15.2 Å². The third-order valence-corrected chi connectivity index (χ3v) is 2.93. The molecule has 0 bridgehead atoms. The Balaban J connectivity index is 2.97. The van der Waals surface area contributed by atoms with Crippen molar-refractivity contribution in [3.05, 3.63) is 23.8 Å². The number of benzene rings is 1. The highest BCUT2D eigenvalue weighted by atomic mass is 16.5. The fourth-order valence-electron chi connectivity index (χ4n) is 1.84. The zero-order valence-corrected chi connectivity index (χ0v) is 11.9. The van der Waals surface area contributed by atoms with Crippen molar-refractivity contribution in [1.82, 2.24) is 5.32 Å². The summed E-state index contributed by atoms with van der Waals surface area (Å²) in [5.74, 6) is 1.23. The Labute approximate surface area is 114 Å². The van der Waals surface area contributed by atoms with Crippen LogP contribution in [0.5, 0.6) is 11.5 Å². The van der Waals surface area contributed by atoms with Crippen molar-refractivity contribution < 1.29 is 14.3 Å². The molecule has 0 aromatic heterocycles. The van der Waals surface area contributed by atoms with E-state index < -0.39 is 5.54 Å². The second kappa shape index (κ2) is 6.43. The predicted molar refractivity (Wildman–Crippen MR) is 74.4 cm³/mol. The molecule has 5 heteroatoms. The summed E-state index contributed by atoms with van der Waals surface area (Å²) >= 11 is 0. The van der Waals surface area contributed by atoms with Crippen LogP contribution in [-0.2, 0) is 10.3 Å². The number of nitrogens with two attached hydrogens (primary N) is 1. The maximum Gasteiger partial charge on any atom is 0.221 e. The van der Waals surface area contributed by atoms with Gasteiger partial charge in [0.2, 0.25) is 5.91 Å². The molecule has 1 aromatic rings. The van der Waals surface area contributed by atoms with Gasteiger partial charge in [0.25, 0.3) is 0 Å². The molecule has 0 saturated carbocycles.